The lowest BCUT2D eigenvalue weighted by molar-refractivity contribution is -0.142. The second-order valence-corrected chi connectivity index (χ2v) is 13.0. The van der Waals surface area contributed by atoms with Crippen LogP contribution in [-0.2, 0) is 39.9 Å². The van der Waals surface area contributed by atoms with Gasteiger partial charge in [-0.25, -0.2) is 9.59 Å². The Bertz CT molecular complexity index is 1510. The van der Waals surface area contributed by atoms with Crippen molar-refractivity contribution in [1.29, 1.82) is 0 Å². The van der Waals surface area contributed by atoms with Crippen molar-refractivity contribution >= 4 is 59.3 Å². The molecule has 17 heteroatoms. The first-order chi connectivity index (χ1) is 24.7. The molecule has 3 amide bonds. The highest BCUT2D eigenvalue weighted by molar-refractivity contribution is 6.37. The van der Waals surface area contributed by atoms with E-state index < -0.39 is 53.9 Å². The summed E-state index contributed by atoms with van der Waals surface area (Å²) in [6.07, 6.45) is -0.0520. The van der Waals surface area contributed by atoms with Crippen molar-refractivity contribution in [1.82, 2.24) is 20.9 Å². The largest absolute Gasteiger partial charge is 0.491 e. The van der Waals surface area contributed by atoms with E-state index in [2.05, 4.69) is 25.6 Å². The van der Waals surface area contributed by atoms with E-state index in [1.165, 1.54) is 20.1 Å². The second kappa shape index (κ2) is 22.5. The number of carboxylic acid groups (broad SMARTS) is 2. The van der Waals surface area contributed by atoms with Crippen LogP contribution in [0, 0.1) is 5.92 Å². The molecule has 286 valence electrons. The maximum atomic E-state index is 12.7. The van der Waals surface area contributed by atoms with Gasteiger partial charge in [0.2, 0.25) is 11.8 Å². The zero-order valence-corrected chi connectivity index (χ0v) is 30.9. The standard InChI is InChI=1S/C20H29N3O6.C15H17Cl2NO5/c1-12(2)10-15(22-17(24)13(3)21-20(28)29-4)18(25)23-16(19(26)27)11-14-8-6-5-7-9-14;16-11-1-2-12(14(17)13(11)10(9-19)15(20)21)23-8-5-18-3-6-22-7-4-18/h5-9,12-13,15-16H,10-11H2,1-4H3,(H,21,28)(H,22,24)(H,23,25)(H,26,27);1-2,9-10H,3-8H2,(H,20,21)/t13-,15+,16+;/m1./s1. The molecular formula is C35H46Cl2N4O11. The summed E-state index contributed by atoms with van der Waals surface area (Å²) < 4.78 is 15.3. The van der Waals surface area contributed by atoms with Gasteiger partial charge in [-0.15, -0.1) is 0 Å². The van der Waals surface area contributed by atoms with Crippen molar-refractivity contribution in [2.75, 3.05) is 46.6 Å². The Balaban J connectivity index is 0.000000369. The number of nitrogens with zero attached hydrogens (tertiary/aromatic N) is 1. The zero-order valence-electron chi connectivity index (χ0n) is 29.4. The van der Waals surface area contributed by atoms with E-state index in [1.807, 2.05) is 19.9 Å². The first kappa shape index (κ1) is 43.7. The molecule has 0 bridgehead atoms. The van der Waals surface area contributed by atoms with Crippen LogP contribution in [0.1, 0.15) is 44.2 Å². The SMILES string of the molecule is COC(=O)N[C@H](C)C(=O)N[C@@H](CC(C)C)C(=O)N[C@@H](Cc1ccccc1)C(=O)O.O=CC(C(=O)O)c1c(Cl)ccc(OCCN2CCOCC2)c1Cl. The molecule has 2 aromatic carbocycles. The van der Waals surface area contributed by atoms with Crippen LogP contribution in [0.15, 0.2) is 42.5 Å². The van der Waals surface area contributed by atoms with Crippen molar-refractivity contribution in [2.45, 2.75) is 57.7 Å². The maximum Gasteiger partial charge on any atom is 0.407 e. The van der Waals surface area contributed by atoms with E-state index in [0.717, 1.165) is 18.7 Å². The number of rotatable bonds is 17. The third kappa shape index (κ3) is 14.7. The summed E-state index contributed by atoms with van der Waals surface area (Å²) in [5.74, 6) is -4.70. The number of carboxylic acids is 2. The number of carbonyl (C=O) groups is 6. The molecule has 1 aliphatic heterocycles. The van der Waals surface area contributed by atoms with Gasteiger partial charge in [-0.2, -0.15) is 0 Å². The molecule has 1 unspecified atom stereocenters. The van der Waals surface area contributed by atoms with E-state index in [1.54, 1.807) is 30.3 Å². The van der Waals surface area contributed by atoms with E-state index in [0.29, 0.717) is 44.8 Å². The third-order valence-corrected chi connectivity index (χ3v) is 8.44. The average molecular weight is 770 g/mol. The lowest BCUT2D eigenvalue weighted by atomic mass is 10.0. The van der Waals surface area contributed by atoms with Gasteiger partial charge >= 0.3 is 18.0 Å². The summed E-state index contributed by atoms with van der Waals surface area (Å²) in [7, 11) is 1.17. The van der Waals surface area contributed by atoms with Crippen molar-refractivity contribution < 1.29 is 53.2 Å². The van der Waals surface area contributed by atoms with Crippen LogP contribution in [0.25, 0.3) is 0 Å². The lowest BCUT2D eigenvalue weighted by Gasteiger charge is -2.26. The molecular weight excluding hydrogens is 723 g/mol. The molecule has 52 heavy (non-hydrogen) atoms. The number of aliphatic carboxylic acids is 2. The van der Waals surface area contributed by atoms with E-state index in [9.17, 15) is 33.9 Å². The predicted molar refractivity (Wildman–Crippen MR) is 192 cm³/mol. The minimum atomic E-state index is -1.42. The van der Waals surface area contributed by atoms with Crippen molar-refractivity contribution in [3.05, 3.63) is 63.6 Å². The first-order valence-electron chi connectivity index (χ1n) is 16.5. The first-order valence-corrected chi connectivity index (χ1v) is 17.2. The molecule has 15 nitrogen and oxygen atoms in total. The molecule has 0 saturated carbocycles. The molecule has 4 atom stereocenters. The van der Waals surface area contributed by atoms with Crippen LogP contribution in [0.3, 0.4) is 0 Å². The number of ether oxygens (including phenoxy) is 3. The van der Waals surface area contributed by atoms with Crippen LogP contribution in [0.5, 0.6) is 5.75 Å². The molecule has 5 N–H and O–H groups in total. The minimum Gasteiger partial charge on any atom is -0.491 e. The monoisotopic (exact) mass is 768 g/mol. The Hall–Kier alpha value is -4.44. The maximum absolute atomic E-state index is 12.7. The molecule has 0 radical (unpaired) electrons. The Morgan fingerprint density at radius 3 is 2.10 bits per heavy atom. The Kier molecular flexibility index (Phi) is 18.9. The average Bonchev–Trinajstić information content (AvgIpc) is 3.11. The zero-order chi connectivity index (χ0) is 38.8. The van der Waals surface area contributed by atoms with Gasteiger partial charge in [0.1, 0.15) is 42.7 Å². The van der Waals surface area contributed by atoms with Crippen molar-refractivity contribution in [2.24, 2.45) is 5.92 Å². The van der Waals surface area contributed by atoms with Crippen LogP contribution in [0.4, 0.5) is 4.79 Å². The Morgan fingerprint density at radius 2 is 1.54 bits per heavy atom. The van der Waals surface area contributed by atoms with Crippen molar-refractivity contribution in [3.63, 3.8) is 0 Å². The van der Waals surface area contributed by atoms with Gasteiger partial charge in [-0.1, -0.05) is 67.4 Å². The fourth-order valence-corrected chi connectivity index (χ4v) is 5.59. The van der Waals surface area contributed by atoms with Gasteiger partial charge < -0.3 is 45.2 Å². The normalized spacial score (nSPS) is 15.1. The molecule has 1 saturated heterocycles. The van der Waals surface area contributed by atoms with Gasteiger partial charge in [-0.05, 0) is 37.0 Å². The quantitative estimate of drug-likeness (QED) is 0.116. The number of hydrogen-bond acceptors (Lipinski definition) is 10. The Labute approximate surface area is 312 Å². The molecule has 0 aromatic heterocycles. The van der Waals surface area contributed by atoms with Gasteiger partial charge in [0.25, 0.3) is 0 Å². The van der Waals surface area contributed by atoms with Gasteiger partial charge in [0.15, 0.2) is 0 Å². The minimum absolute atomic E-state index is 0.0546. The summed E-state index contributed by atoms with van der Waals surface area (Å²) in [6.45, 7) is 9.38. The van der Waals surface area contributed by atoms with E-state index >= 15 is 0 Å². The summed E-state index contributed by atoms with van der Waals surface area (Å²) in [5.41, 5.74) is 0.820. The number of benzene rings is 2. The summed E-state index contributed by atoms with van der Waals surface area (Å²) in [4.78, 5) is 72.3. The fraction of sp³-hybridized carbons (Fsp3) is 0.486. The van der Waals surface area contributed by atoms with Gasteiger partial charge in [-0.3, -0.25) is 19.3 Å². The van der Waals surface area contributed by atoms with E-state index in [4.69, 9.17) is 37.8 Å². The highest BCUT2D eigenvalue weighted by Gasteiger charge is 2.29. The number of amides is 3. The molecule has 3 rings (SSSR count). The fourth-order valence-electron chi connectivity index (χ4n) is 4.93. The summed E-state index contributed by atoms with van der Waals surface area (Å²) >= 11 is 12.2. The number of halogens is 2. The van der Waals surface area contributed by atoms with Crippen LogP contribution in [0.2, 0.25) is 10.0 Å². The Morgan fingerprint density at radius 1 is 0.904 bits per heavy atom. The third-order valence-electron chi connectivity index (χ3n) is 7.72. The van der Waals surface area contributed by atoms with Crippen LogP contribution in [-0.4, -0.2) is 116 Å². The highest BCUT2D eigenvalue weighted by atomic mass is 35.5. The molecule has 1 heterocycles. The molecule has 2 aromatic rings. The van der Waals surface area contributed by atoms with Crippen LogP contribution < -0.4 is 20.7 Å². The predicted octanol–water partition coefficient (Wildman–Crippen LogP) is 3.15. The van der Waals surface area contributed by atoms with Gasteiger partial charge in [0.05, 0.1) is 25.3 Å². The highest BCUT2D eigenvalue weighted by Crippen LogP contribution is 2.37. The smallest absolute Gasteiger partial charge is 0.407 e. The number of aldehydes is 1. The summed E-state index contributed by atoms with van der Waals surface area (Å²) in [6, 6.07) is 8.97. The summed E-state index contributed by atoms with van der Waals surface area (Å²) in [5, 5.41) is 26.2. The topological polar surface area (TPSA) is 210 Å². The molecule has 1 fully saturated rings. The lowest BCUT2D eigenvalue weighted by Crippen LogP contribution is -2.55. The van der Waals surface area contributed by atoms with Crippen molar-refractivity contribution in [3.8, 4) is 5.75 Å². The number of carbonyl (C=O) groups excluding carboxylic acids is 4. The number of hydrogen-bond donors (Lipinski definition) is 5. The second-order valence-electron chi connectivity index (χ2n) is 12.2. The van der Waals surface area contributed by atoms with E-state index in [-0.39, 0.29) is 27.9 Å². The number of alkyl carbamates (subject to hydrolysis) is 1. The number of morpholine rings is 1. The number of methoxy groups -OCH3 is 1. The number of nitrogens with one attached hydrogen (secondary N) is 3. The van der Waals surface area contributed by atoms with Crippen LogP contribution >= 0.6 is 23.2 Å². The molecule has 1 aliphatic rings. The molecule has 0 aliphatic carbocycles. The van der Waals surface area contributed by atoms with Gasteiger partial charge in [0, 0.05) is 36.6 Å². The molecule has 0 spiro atoms.